The van der Waals surface area contributed by atoms with Gasteiger partial charge in [0.15, 0.2) is 0 Å². The van der Waals surface area contributed by atoms with Gasteiger partial charge in [-0.15, -0.1) is 0 Å². The highest BCUT2D eigenvalue weighted by atomic mass is 35.5. The first-order valence-electron chi connectivity index (χ1n) is 6.22. The van der Waals surface area contributed by atoms with Crippen LogP contribution < -0.4 is 15.2 Å². The van der Waals surface area contributed by atoms with E-state index < -0.39 is 10.0 Å². The number of piperidine rings is 1. The van der Waals surface area contributed by atoms with Gasteiger partial charge in [-0.25, -0.2) is 17.8 Å². The molecule has 1 aliphatic rings. The molecule has 1 aromatic rings. The van der Waals surface area contributed by atoms with Crippen LogP contribution in [0, 0.1) is 0 Å². The molecule has 1 saturated heterocycles. The number of halogens is 1. The average molecular weight is 321 g/mol. The highest BCUT2D eigenvalue weighted by Crippen LogP contribution is 2.24. The number of nitrogens with one attached hydrogen (secondary N) is 1. The van der Waals surface area contributed by atoms with Crippen LogP contribution in [0.5, 0.6) is 0 Å². The Balaban J connectivity index is 2.21. The van der Waals surface area contributed by atoms with Gasteiger partial charge in [0.05, 0.1) is 18.1 Å². The summed E-state index contributed by atoms with van der Waals surface area (Å²) in [4.78, 5) is 13.7. The van der Waals surface area contributed by atoms with E-state index in [0.717, 1.165) is 25.6 Å². The van der Waals surface area contributed by atoms with Gasteiger partial charge in [0.25, 0.3) is 5.56 Å². The van der Waals surface area contributed by atoms with Gasteiger partial charge in [-0.2, -0.15) is 5.10 Å². The van der Waals surface area contributed by atoms with Crippen molar-refractivity contribution in [1.29, 1.82) is 0 Å². The Kier molecular flexibility index (Phi) is 4.36. The number of aryl methyl sites for hydroxylation is 1. The maximum absolute atomic E-state index is 11.8. The van der Waals surface area contributed by atoms with Crippen LogP contribution in [0.25, 0.3) is 0 Å². The summed E-state index contributed by atoms with van der Waals surface area (Å²) in [6, 6.07) is -0.182. The molecule has 0 amide bonds. The van der Waals surface area contributed by atoms with Crippen LogP contribution in [-0.4, -0.2) is 43.6 Å². The molecule has 0 unspecified atom stereocenters. The van der Waals surface area contributed by atoms with Crippen LogP contribution in [0.2, 0.25) is 5.02 Å². The van der Waals surface area contributed by atoms with E-state index >= 15 is 0 Å². The molecule has 0 aliphatic carbocycles. The lowest BCUT2D eigenvalue weighted by atomic mass is 10.1. The number of hydrogen-bond donors (Lipinski definition) is 1. The first-order chi connectivity index (χ1) is 9.28. The minimum absolute atomic E-state index is 0.113. The van der Waals surface area contributed by atoms with Crippen molar-refractivity contribution in [3.05, 3.63) is 21.6 Å². The minimum atomic E-state index is -3.25. The zero-order valence-corrected chi connectivity index (χ0v) is 12.9. The van der Waals surface area contributed by atoms with E-state index in [4.69, 9.17) is 11.6 Å². The summed E-state index contributed by atoms with van der Waals surface area (Å²) in [6.45, 7) is 1.19. The SMILES string of the molecule is Cn1ncc(N2CCC[C@@H](NS(C)(=O)=O)C2)c(Cl)c1=O. The predicted octanol–water partition coefficient (Wildman–Crippen LogP) is -0.0483. The molecule has 2 heterocycles. The lowest BCUT2D eigenvalue weighted by Gasteiger charge is -2.34. The van der Waals surface area contributed by atoms with E-state index in [1.807, 2.05) is 4.90 Å². The standard InChI is InChI=1S/C11H17ClN4O3S/c1-15-11(17)10(12)9(6-13-15)16-5-3-4-8(7-16)14-20(2,18)19/h6,8,14H,3-5,7H2,1-2H3/t8-/m1/s1. The molecule has 2 rings (SSSR count). The minimum Gasteiger partial charge on any atom is -0.367 e. The second kappa shape index (κ2) is 5.71. The smallest absolute Gasteiger partial charge is 0.287 e. The molecule has 0 aromatic carbocycles. The average Bonchev–Trinajstić information content (AvgIpc) is 2.34. The Bertz CT molecular complexity index is 658. The summed E-state index contributed by atoms with van der Waals surface area (Å²) < 4.78 is 26.3. The third-order valence-corrected chi connectivity index (χ3v) is 4.32. The van der Waals surface area contributed by atoms with E-state index in [1.54, 1.807) is 0 Å². The van der Waals surface area contributed by atoms with Crippen LogP contribution in [0.1, 0.15) is 12.8 Å². The van der Waals surface area contributed by atoms with Crippen molar-refractivity contribution >= 4 is 27.3 Å². The van der Waals surface area contributed by atoms with Crippen molar-refractivity contribution in [2.45, 2.75) is 18.9 Å². The van der Waals surface area contributed by atoms with Crippen LogP contribution >= 0.6 is 11.6 Å². The van der Waals surface area contributed by atoms with Gasteiger partial charge in [0, 0.05) is 26.2 Å². The molecule has 1 aliphatic heterocycles. The van der Waals surface area contributed by atoms with Crippen LogP contribution in [0.4, 0.5) is 5.69 Å². The normalized spacial score (nSPS) is 20.1. The van der Waals surface area contributed by atoms with Gasteiger partial charge >= 0.3 is 0 Å². The number of anilines is 1. The molecule has 0 radical (unpaired) electrons. The van der Waals surface area contributed by atoms with E-state index in [9.17, 15) is 13.2 Å². The number of rotatable bonds is 3. The van der Waals surface area contributed by atoms with E-state index in [0.29, 0.717) is 12.2 Å². The lowest BCUT2D eigenvalue weighted by Crippen LogP contribution is -2.48. The third kappa shape index (κ3) is 3.50. The highest BCUT2D eigenvalue weighted by molar-refractivity contribution is 7.88. The molecule has 0 saturated carbocycles. The molecule has 9 heteroatoms. The Morgan fingerprint density at radius 2 is 2.20 bits per heavy atom. The fraction of sp³-hybridized carbons (Fsp3) is 0.636. The second-order valence-electron chi connectivity index (χ2n) is 4.95. The Morgan fingerprint density at radius 3 is 2.85 bits per heavy atom. The summed E-state index contributed by atoms with van der Waals surface area (Å²) in [5.74, 6) is 0. The Hall–Kier alpha value is -1.12. The van der Waals surface area contributed by atoms with E-state index in [-0.39, 0.29) is 16.6 Å². The Morgan fingerprint density at radius 1 is 1.50 bits per heavy atom. The number of nitrogens with zero attached hydrogens (tertiary/aromatic N) is 3. The second-order valence-corrected chi connectivity index (χ2v) is 7.11. The maximum atomic E-state index is 11.8. The van der Waals surface area contributed by atoms with Gasteiger partial charge in [0.1, 0.15) is 5.02 Å². The van der Waals surface area contributed by atoms with Gasteiger partial charge in [0.2, 0.25) is 10.0 Å². The molecular formula is C11H17ClN4O3S. The van der Waals surface area contributed by atoms with Gasteiger partial charge in [-0.1, -0.05) is 11.6 Å². The fourth-order valence-corrected chi connectivity index (χ4v) is 3.41. The van der Waals surface area contributed by atoms with Crippen molar-refractivity contribution < 1.29 is 8.42 Å². The van der Waals surface area contributed by atoms with Crippen LogP contribution in [0.3, 0.4) is 0 Å². The molecule has 1 fully saturated rings. The van der Waals surface area contributed by atoms with Crippen molar-refractivity contribution in [2.75, 3.05) is 24.2 Å². The van der Waals surface area contributed by atoms with Crippen molar-refractivity contribution in [1.82, 2.24) is 14.5 Å². The van der Waals surface area contributed by atoms with Crippen molar-refractivity contribution in [2.24, 2.45) is 7.05 Å². The Labute approximate surface area is 122 Å². The molecule has 1 N–H and O–H groups in total. The van der Waals surface area contributed by atoms with Gasteiger partial charge in [-0.3, -0.25) is 4.79 Å². The highest BCUT2D eigenvalue weighted by Gasteiger charge is 2.24. The van der Waals surface area contributed by atoms with Crippen molar-refractivity contribution in [3.8, 4) is 0 Å². The summed E-state index contributed by atoms with van der Waals surface area (Å²) in [5, 5.41) is 4.07. The predicted molar refractivity (Wildman–Crippen MR) is 77.7 cm³/mol. The molecule has 0 spiro atoms. The summed E-state index contributed by atoms with van der Waals surface area (Å²) >= 11 is 6.06. The summed E-state index contributed by atoms with van der Waals surface area (Å²) in [5.41, 5.74) is 0.192. The first-order valence-corrected chi connectivity index (χ1v) is 8.49. The molecule has 1 atom stereocenters. The van der Waals surface area contributed by atoms with E-state index in [2.05, 4.69) is 9.82 Å². The zero-order valence-electron chi connectivity index (χ0n) is 11.3. The molecule has 1 aromatic heterocycles. The number of sulfonamides is 1. The molecule has 7 nitrogen and oxygen atoms in total. The third-order valence-electron chi connectivity index (χ3n) is 3.20. The first kappa shape index (κ1) is 15.3. The quantitative estimate of drug-likeness (QED) is 0.844. The topological polar surface area (TPSA) is 84.3 Å². The molecule has 112 valence electrons. The van der Waals surface area contributed by atoms with Crippen LogP contribution in [-0.2, 0) is 17.1 Å². The van der Waals surface area contributed by atoms with Crippen LogP contribution in [0.15, 0.2) is 11.0 Å². The zero-order chi connectivity index (χ0) is 14.9. The van der Waals surface area contributed by atoms with Gasteiger partial charge < -0.3 is 4.90 Å². The fourth-order valence-electron chi connectivity index (χ4n) is 2.32. The van der Waals surface area contributed by atoms with Crippen molar-refractivity contribution in [3.63, 3.8) is 0 Å². The molecule has 0 bridgehead atoms. The van der Waals surface area contributed by atoms with E-state index in [1.165, 1.54) is 17.9 Å². The largest absolute Gasteiger partial charge is 0.367 e. The molecular weight excluding hydrogens is 304 g/mol. The maximum Gasteiger partial charge on any atom is 0.287 e. The lowest BCUT2D eigenvalue weighted by molar-refractivity contribution is 0.467. The summed E-state index contributed by atoms with van der Waals surface area (Å²) in [6.07, 6.45) is 4.25. The monoisotopic (exact) mass is 320 g/mol. The number of hydrogen-bond acceptors (Lipinski definition) is 5. The number of aromatic nitrogens is 2. The summed E-state index contributed by atoms with van der Waals surface area (Å²) in [7, 11) is -1.72. The molecule has 20 heavy (non-hydrogen) atoms. The van der Waals surface area contributed by atoms with Gasteiger partial charge in [-0.05, 0) is 12.8 Å².